The number of aliphatic hydroxyl groups is 2. The van der Waals surface area contributed by atoms with E-state index < -0.39 is 5.60 Å². The first-order chi connectivity index (χ1) is 6.49. The first kappa shape index (κ1) is 13.9. The van der Waals surface area contributed by atoms with Crippen molar-refractivity contribution in [1.82, 2.24) is 5.32 Å². The van der Waals surface area contributed by atoms with Crippen LogP contribution in [0.15, 0.2) is 0 Å². The molecular weight excluding hydrogens is 178 g/mol. The highest BCUT2D eigenvalue weighted by molar-refractivity contribution is 4.70. The Morgan fingerprint density at radius 3 is 2.36 bits per heavy atom. The monoisotopic (exact) mass is 203 g/mol. The minimum Gasteiger partial charge on any atom is -0.396 e. The standard InChI is InChI=1S/C11H25NO2/c1-4-5-10(6-7-13)8-12-9-11(2,3)14/h10,12-14H,4-9H2,1-3H3. The summed E-state index contributed by atoms with van der Waals surface area (Å²) in [6.07, 6.45) is 3.14. The lowest BCUT2D eigenvalue weighted by Gasteiger charge is -2.21. The largest absolute Gasteiger partial charge is 0.396 e. The summed E-state index contributed by atoms with van der Waals surface area (Å²) in [6.45, 7) is 7.49. The molecule has 0 spiro atoms. The highest BCUT2D eigenvalue weighted by atomic mass is 16.3. The van der Waals surface area contributed by atoms with Gasteiger partial charge < -0.3 is 15.5 Å². The van der Waals surface area contributed by atoms with E-state index in [0.29, 0.717) is 12.5 Å². The molecule has 3 nitrogen and oxygen atoms in total. The van der Waals surface area contributed by atoms with Crippen molar-refractivity contribution in [2.45, 2.75) is 45.6 Å². The average Bonchev–Trinajstić information content (AvgIpc) is 2.02. The molecule has 0 aromatic rings. The lowest BCUT2D eigenvalue weighted by Crippen LogP contribution is -2.37. The van der Waals surface area contributed by atoms with Gasteiger partial charge in [0.05, 0.1) is 5.60 Å². The van der Waals surface area contributed by atoms with E-state index in [0.717, 1.165) is 25.8 Å². The van der Waals surface area contributed by atoms with Gasteiger partial charge in [-0.3, -0.25) is 0 Å². The number of aliphatic hydroxyl groups excluding tert-OH is 1. The molecule has 1 unspecified atom stereocenters. The zero-order chi connectivity index (χ0) is 11.0. The predicted octanol–water partition coefficient (Wildman–Crippen LogP) is 1.15. The second-order valence-electron chi connectivity index (χ2n) is 4.61. The fraction of sp³-hybridized carbons (Fsp3) is 1.00. The third-order valence-electron chi connectivity index (χ3n) is 2.22. The molecular formula is C11H25NO2. The maximum Gasteiger partial charge on any atom is 0.0715 e. The summed E-state index contributed by atoms with van der Waals surface area (Å²) >= 11 is 0. The van der Waals surface area contributed by atoms with Gasteiger partial charge in [-0.15, -0.1) is 0 Å². The third kappa shape index (κ3) is 8.48. The number of hydrogen-bond acceptors (Lipinski definition) is 3. The van der Waals surface area contributed by atoms with E-state index in [2.05, 4.69) is 12.2 Å². The molecule has 0 aromatic carbocycles. The van der Waals surface area contributed by atoms with Crippen LogP contribution in [-0.2, 0) is 0 Å². The molecule has 0 aliphatic carbocycles. The van der Waals surface area contributed by atoms with Crippen LogP contribution in [0.4, 0.5) is 0 Å². The van der Waals surface area contributed by atoms with Crippen LogP contribution < -0.4 is 5.32 Å². The Bertz CT molecular complexity index is 126. The minimum absolute atomic E-state index is 0.259. The van der Waals surface area contributed by atoms with Gasteiger partial charge in [0, 0.05) is 13.2 Å². The summed E-state index contributed by atoms with van der Waals surface area (Å²) in [4.78, 5) is 0. The van der Waals surface area contributed by atoms with Crippen molar-refractivity contribution in [2.75, 3.05) is 19.7 Å². The van der Waals surface area contributed by atoms with Crippen LogP contribution in [0.2, 0.25) is 0 Å². The van der Waals surface area contributed by atoms with Crippen molar-refractivity contribution >= 4 is 0 Å². The molecule has 0 fully saturated rings. The Balaban J connectivity index is 3.60. The van der Waals surface area contributed by atoms with E-state index in [-0.39, 0.29) is 6.61 Å². The quantitative estimate of drug-likeness (QED) is 0.554. The molecule has 0 saturated heterocycles. The molecule has 3 N–H and O–H groups in total. The highest BCUT2D eigenvalue weighted by Gasteiger charge is 2.13. The molecule has 0 aliphatic heterocycles. The van der Waals surface area contributed by atoms with Gasteiger partial charge in [0.15, 0.2) is 0 Å². The van der Waals surface area contributed by atoms with E-state index >= 15 is 0 Å². The van der Waals surface area contributed by atoms with Gasteiger partial charge in [-0.2, -0.15) is 0 Å². The topological polar surface area (TPSA) is 52.5 Å². The Hall–Kier alpha value is -0.120. The van der Waals surface area contributed by atoms with Gasteiger partial charge >= 0.3 is 0 Å². The number of nitrogens with one attached hydrogen (secondary N) is 1. The predicted molar refractivity (Wildman–Crippen MR) is 59.3 cm³/mol. The zero-order valence-electron chi connectivity index (χ0n) is 9.71. The first-order valence-corrected chi connectivity index (χ1v) is 5.53. The van der Waals surface area contributed by atoms with Crippen LogP contribution in [0.3, 0.4) is 0 Å². The highest BCUT2D eigenvalue weighted by Crippen LogP contribution is 2.09. The van der Waals surface area contributed by atoms with Crippen LogP contribution in [0.5, 0.6) is 0 Å². The maximum atomic E-state index is 9.48. The molecule has 0 aromatic heterocycles. The fourth-order valence-corrected chi connectivity index (χ4v) is 1.52. The lowest BCUT2D eigenvalue weighted by atomic mass is 10.00. The molecule has 3 heteroatoms. The third-order valence-corrected chi connectivity index (χ3v) is 2.22. The summed E-state index contributed by atoms with van der Waals surface area (Å²) in [6, 6.07) is 0. The zero-order valence-corrected chi connectivity index (χ0v) is 9.71. The molecule has 0 amide bonds. The Morgan fingerprint density at radius 1 is 1.29 bits per heavy atom. The molecule has 1 atom stereocenters. The molecule has 0 aliphatic rings. The van der Waals surface area contributed by atoms with Gasteiger partial charge in [0.25, 0.3) is 0 Å². The number of rotatable bonds is 8. The second-order valence-corrected chi connectivity index (χ2v) is 4.61. The van der Waals surface area contributed by atoms with Crippen molar-refractivity contribution in [3.63, 3.8) is 0 Å². The first-order valence-electron chi connectivity index (χ1n) is 5.53. The van der Waals surface area contributed by atoms with Crippen LogP contribution >= 0.6 is 0 Å². The van der Waals surface area contributed by atoms with Gasteiger partial charge in [-0.25, -0.2) is 0 Å². The van der Waals surface area contributed by atoms with E-state index in [4.69, 9.17) is 5.11 Å². The molecule has 0 radical (unpaired) electrons. The van der Waals surface area contributed by atoms with Gasteiger partial charge in [0.1, 0.15) is 0 Å². The van der Waals surface area contributed by atoms with Crippen molar-refractivity contribution in [1.29, 1.82) is 0 Å². The summed E-state index contributed by atoms with van der Waals surface area (Å²) in [5.74, 6) is 0.535. The van der Waals surface area contributed by atoms with Crippen molar-refractivity contribution in [3.8, 4) is 0 Å². The summed E-state index contributed by atoms with van der Waals surface area (Å²) in [7, 11) is 0. The van der Waals surface area contributed by atoms with Crippen molar-refractivity contribution in [3.05, 3.63) is 0 Å². The second kappa shape index (κ2) is 7.21. The van der Waals surface area contributed by atoms with E-state index in [1.165, 1.54) is 0 Å². The van der Waals surface area contributed by atoms with Crippen LogP contribution in [0.1, 0.15) is 40.0 Å². The van der Waals surface area contributed by atoms with Crippen LogP contribution in [0.25, 0.3) is 0 Å². The molecule has 0 saturated carbocycles. The van der Waals surface area contributed by atoms with Crippen LogP contribution in [0, 0.1) is 5.92 Å². The molecule has 14 heavy (non-hydrogen) atoms. The van der Waals surface area contributed by atoms with E-state index in [1.54, 1.807) is 13.8 Å². The lowest BCUT2D eigenvalue weighted by molar-refractivity contribution is 0.0781. The Kier molecular flexibility index (Phi) is 7.15. The fourth-order valence-electron chi connectivity index (χ4n) is 1.52. The molecule has 0 rings (SSSR count). The Morgan fingerprint density at radius 2 is 1.93 bits per heavy atom. The number of hydrogen-bond donors (Lipinski definition) is 3. The normalized spacial score (nSPS) is 14.4. The van der Waals surface area contributed by atoms with Crippen molar-refractivity contribution in [2.24, 2.45) is 5.92 Å². The SMILES string of the molecule is CCCC(CCO)CNCC(C)(C)O. The summed E-state index contributed by atoms with van der Waals surface area (Å²) < 4.78 is 0. The molecule has 0 heterocycles. The Labute approximate surface area is 87.5 Å². The van der Waals surface area contributed by atoms with Crippen LogP contribution in [-0.4, -0.2) is 35.5 Å². The molecule has 86 valence electrons. The summed E-state index contributed by atoms with van der Waals surface area (Å²) in [5.41, 5.74) is -0.643. The van der Waals surface area contributed by atoms with Gasteiger partial charge in [0.2, 0.25) is 0 Å². The van der Waals surface area contributed by atoms with E-state index in [9.17, 15) is 5.11 Å². The van der Waals surface area contributed by atoms with Gasteiger partial charge in [-0.05, 0) is 39.2 Å². The molecule has 0 bridgehead atoms. The maximum absolute atomic E-state index is 9.48. The van der Waals surface area contributed by atoms with Gasteiger partial charge in [-0.1, -0.05) is 13.3 Å². The minimum atomic E-state index is -0.643. The average molecular weight is 203 g/mol. The smallest absolute Gasteiger partial charge is 0.0715 e. The summed E-state index contributed by atoms with van der Waals surface area (Å²) in [5, 5.41) is 21.6. The van der Waals surface area contributed by atoms with Crippen molar-refractivity contribution < 1.29 is 10.2 Å². The van der Waals surface area contributed by atoms with E-state index in [1.807, 2.05) is 0 Å².